The standard InChI is InChI=1S/C20H28O3/c1-12-8-15(6-7-17(21)22)9-13(2)18(12)16-10-14(3)19(23)20(4,5)11-16/h6-8,10-13,18-19,23H,9H2,1-5H3,(H,21,22)/b7-6+. The average molecular weight is 316 g/mol. The summed E-state index contributed by atoms with van der Waals surface area (Å²) in [5, 5.41) is 19.1. The number of hydrogen-bond acceptors (Lipinski definition) is 2. The second-order valence-corrected chi connectivity index (χ2v) is 7.74. The van der Waals surface area contributed by atoms with Crippen LogP contribution in [0.15, 0.2) is 47.1 Å². The number of aliphatic hydroxyl groups excluding tert-OH is 1. The van der Waals surface area contributed by atoms with E-state index in [1.54, 1.807) is 6.08 Å². The van der Waals surface area contributed by atoms with Crippen LogP contribution in [0.1, 0.15) is 41.0 Å². The highest BCUT2D eigenvalue weighted by molar-refractivity contribution is 5.80. The number of carbonyl (C=O) groups is 1. The molecule has 0 aromatic carbocycles. The molecule has 4 atom stereocenters. The van der Waals surface area contributed by atoms with E-state index in [1.165, 1.54) is 11.6 Å². The third kappa shape index (κ3) is 3.84. The van der Waals surface area contributed by atoms with Crippen LogP contribution in [0.3, 0.4) is 0 Å². The summed E-state index contributed by atoms with van der Waals surface area (Å²) < 4.78 is 0. The molecule has 0 spiro atoms. The van der Waals surface area contributed by atoms with Crippen LogP contribution < -0.4 is 0 Å². The van der Waals surface area contributed by atoms with E-state index < -0.39 is 12.1 Å². The van der Waals surface area contributed by atoms with Gasteiger partial charge in [0.25, 0.3) is 0 Å². The van der Waals surface area contributed by atoms with Gasteiger partial charge in [0, 0.05) is 11.5 Å². The Morgan fingerprint density at radius 3 is 2.52 bits per heavy atom. The Morgan fingerprint density at radius 1 is 1.35 bits per heavy atom. The molecular formula is C20H28O3. The van der Waals surface area contributed by atoms with Gasteiger partial charge in [0.2, 0.25) is 0 Å². The van der Waals surface area contributed by atoms with Gasteiger partial charge in [-0.1, -0.05) is 57.6 Å². The third-order valence-corrected chi connectivity index (χ3v) is 5.11. The molecule has 0 saturated carbocycles. The molecule has 3 heteroatoms. The van der Waals surface area contributed by atoms with Crippen molar-refractivity contribution in [2.75, 3.05) is 0 Å². The number of aliphatic carboxylic acids is 1. The first-order chi connectivity index (χ1) is 10.6. The Balaban J connectivity index is 2.30. The average Bonchev–Trinajstić information content (AvgIpc) is 2.41. The molecule has 0 aromatic rings. The molecule has 2 rings (SSSR count). The van der Waals surface area contributed by atoms with Gasteiger partial charge in [-0.15, -0.1) is 0 Å². The molecule has 0 amide bonds. The van der Waals surface area contributed by atoms with E-state index in [0.717, 1.165) is 17.6 Å². The van der Waals surface area contributed by atoms with E-state index in [2.05, 4.69) is 45.9 Å². The van der Waals surface area contributed by atoms with E-state index in [0.29, 0.717) is 17.8 Å². The van der Waals surface area contributed by atoms with Crippen LogP contribution in [0.5, 0.6) is 0 Å². The van der Waals surface area contributed by atoms with Gasteiger partial charge in [0.15, 0.2) is 0 Å². The lowest BCUT2D eigenvalue weighted by molar-refractivity contribution is -0.131. The number of allylic oxidation sites excluding steroid dienone is 5. The lowest BCUT2D eigenvalue weighted by atomic mass is 9.66. The Bertz CT molecular complexity index is 604. The first-order valence-electron chi connectivity index (χ1n) is 8.32. The van der Waals surface area contributed by atoms with E-state index in [1.807, 2.05) is 6.92 Å². The molecule has 0 heterocycles. The highest BCUT2D eigenvalue weighted by Crippen LogP contribution is 2.44. The second-order valence-electron chi connectivity index (χ2n) is 7.74. The maximum absolute atomic E-state index is 10.7. The number of carboxylic acids is 1. The number of rotatable bonds is 3. The molecule has 2 N–H and O–H groups in total. The van der Waals surface area contributed by atoms with E-state index in [4.69, 9.17) is 5.11 Å². The predicted octanol–water partition coefficient (Wildman–Crippen LogP) is 4.12. The van der Waals surface area contributed by atoms with Gasteiger partial charge in [-0.25, -0.2) is 4.79 Å². The molecule has 2 aliphatic carbocycles. The van der Waals surface area contributed by atoms with Crippen molar-refractivity contribution in [1.29, 1.82) is 0 Å². The number of aliphatic hydroxyl groups is 1. The molecule has 3 nitrogen and oxygen atoms in total. The lowest BCUT2D eigenvalue weighted by Crippen LogP contribution is -2.34. The minimum atomic E-state index is -0.905. The Kier molecular flexibility index (Phi) is 5.00. The van der Waals surface area contributed by atoms with Gasteiger partial charge in [-0.05, 0) is 42.2 Å². The van der Waals surface area contributed by atoms with Crippen LogP contribution in [0.4, 0.5) is 0 Å². The quantitative estimate of drug-likeness (QED) is 0.770. The fourth-order valence-electron chi connectivity index (χ4n) is 4.13. The summed E-state index contributed by atoms with van der Waals surface area (Å²) in [7, 11) is 0. The summed E-state index contributed by atoms with van der Waals surface area (Å²) in [4.78, 5) is 10.7. The Morgan fingerprint density at radius 2 is 2.00 bits per heavy atom. The largest absolute Gasteiger partial charge is 0.478 e. The molecule has 0 bridgehead atoms. The van der Waals surface area contributed by atoms with Crippen molar-refractivity contribution in [2.24, 2.45) is 23.2 Å². The summed E-state index contributed by atoms with van der Waals surface area (Å²) in [6.45, 7) is 10.6. The Hall–Kier alpha value is -1.61. The van der Waals surface area contributed by atoms with Gasteiger partial charge in [-0.3, -0.25) is 0 Å². The van der Waals surface area contributed by atoms with Crippen molar-refractivity contribution in [2.45, 2.75) is 47.1 Å². The van der Waals surface area contributed by atoms with Crippen molar-refractivity contribution in [3.63, 3.8) is 0 Å². The normalized spacial score (nSPS) is 33.9. The van der Waals surface area contributed by atoms with E-state index in [9.17, 15) is 9.90 Å². The van der Waals surface area contributed by atoms with Crippen LogP contribution in [0.25, 0.3) is 0 Å². The molecule has 0 aliphatic heterocycles. The number of hydrogen-bond donors (Lipinski definition) is 2. The van der Waals surface area contributed by atoms with Gasteiger partial charge in [0.05, 0.1) is 6.10 Å². The Labute approximate surface area is 139 Å². The molecule has 4 unspecified atom stereocenters. The molecule has 2 aliphatic rings. The predicted molar refractivity (Wildman–Crippen MR) is 92.9 cm³/mol. The fraction of sp³-hybridized carbons (Fsp3) is 0.550. The first-order valence-corrected chi connectivity index (χ1v) is 8.32. The highest BCUT2D eigenvalue weighted by Gasteiger charge is 2.36. The zero-order chi connectivity index (χ0) is 17.4. The minimum Gasteiger partial charge on any atom is -0.478 e. The fourth-order valence-corrected chi connectivity index (χ4v) is 4.13. The van der Waals surface area contributed by atoms with E-state index >= 15 is 0 Å². The zero-order valence-electron chi connectivity index (χ0n) is 14.7. The molecule has 23 heavy (non-hydrogen) atoms. The van der Waals surface area contributed by atoms with E-state index in [-0.39, 0.29) is 5.41 Å². The molecule has 0 radical (unpaired) electrons. The third-order valence-electron chi connectivity index (χ3n) is 5.11. The molecule has 0 saturated heterocycles. The van der Waals surface area contributed by atoms with Crippen molar-refractivity contribution in [3.8, 4) is 0 Å². The van der Waals surface area contributed by atoms with Crippen LogP contribution in [0.2, 0.25) is 0 Å². The number of carboxylic acid groups (broad SMARTS) is 1. The molecule has 0 aromatic heterocycles. The topological polar surface area (TPSA) is 57.5 Å². The van der Waals surface area contributed by atoms with Crippen molar-refractivity contribution >= 4 is 5.97 Å². The van der Waals surface area contributed by atoms with Crippen LogP contribution >= 0.6 is 0 Å². The maximum Gasteiger partial charge on any atom is 0.328 e. The smallest absolute Gasteiger partial charge is 0.328 e. The van der Waals surface area contributed by atoms with Gasteiger partial charge >= 0.3 is 5.97 Å². The molecule has 0 fully saturated rings. The van der Waals surface area contributed by atoms with Crippen LogP contribution in [0, 0.1) is 23.2 Å². The SMILES string of the molecule is CC1=CC(C2C(C)C=C(/C=C/C(=O)O)CC2C)=CC(C)(C)C1O. The van der Waals surface area contributed by atoms with Crippen molar-refractivity contribution in [3.05, 3.63) is 47.1 Å². The molecule has 126 valence electrons. The first kappa shape index (κ1) is 17.7. The summed E-state index contributed by atoms with van der Waals surface area (Å²) >= 11 is 0. The van der Waals surface area contributed by atoms with Crippen LogP contribution in [-0.2, 0) is 4.79 Å². The van der Waals surface area contributed by atoms with Crippen molar-refractivity contribution in [1.82, 2.24) is 0 Å². The minimum absolute atomic E-state index is 0.249. The maximum atomic E-state index is 10.7. The highest BCUT2D eigenvalue weighted by atomic mass is 16.4. The molecular weight excluding hydrogens is 288 g/mol. The monoisotopic (exact) mass is 316 g/mol. The summed E-state index contributed by atoms with van der Waals surface area (Å²) in [5.74, 6) is 0.273. The summed E-state index contributed by atoms with van der Waals surface area (Å²) in [5.41, 5.74) is 3.17. The van der Waals surface area contributed by atoms with Gasteiger partial charge < -0.3 is 10.2 Å². The second kappa shape index (κ2) is 6.48. The zero-order valence-corrected chi connectivity index (χ0v) is 14.7. The van der Waals surface area contributed by atoms with Gasteiger partial charge in [-0.2, -0.15) is 0 Å². The summed E-state index contributed by atoms with van der Waals surface area (Å²) in [6.07, 6.45) is 9.93. The summed E-state index contributed by atoms with van der Waals surface area (Å²) in [6, 6.07) is 0. The van der Waals surface area contributed by atoms with Gasteiger partial charge in [0.1, 0.15) is 0 Å². The van der Waals surface area contributed by atoms with Crippen molar-refractivity contribution < 1.29 is 15.0 Å². The van der Waals surface area contributed by atoms with Crippen LogP contribution in [-0.4, -0.2) is 22.3 Å². The lowest BCUT2D eigenvalue weighted by Gasteiger charge is -2.39.